The van der Waals surface area contributed by atoms with Crippen molar-refractivity contribution in [1.82, 2.24) is 5.32 Å². The fraction of sp³-hybridized carbons (Fsp3) is 0.500. The van der Waals surface area contributed by atoms with Gasteiger partial charge in [0.15, 0.2) is 11.6 Å². The van der Waals surface area contributed by atoms with E-state index in [4.69, 9.17) is 10.5 Å². The number of ether oxygens (including phenoxy) is 1. The minimum Gasteiger partial charge on any atom is -0.377 e. The van der Waals surface area contributed by atoms with E-state index < -0.39 is 23.8 Å². The molecule has 1 heterocycles. The summed E-state index contributed by atoms with van der Waals surface area (Å²) in [5.41, 5.74) is 5.88. The number of nitrogens with one attached hydrogen (secondary N) is 1. The fourth-order valence-electron chi connectivity index (χ4n) is 2.53. The lowest BCUT2D eigenvalue weighted by atomic mass is 9.88. The Hall–Kier alpha value is -1.53. The molecule has 110 valence electrons. The molecule has 1 saturated heterocycles. The summed E-state index contributed by atoms with van der Waals surface area (Å²) in [6.45, 7) is 0.476. The van der Waals surface area contributed by atoms with Crippen LogP contribution in [0.5, 0.6) is 0 Å². The third-order valence-corrected chi connectivity index (χ3v) is 3.65. The van der Waals surface area contributed by atoms with Gasteiger partial charge >= 0.3 is 0 Å². The molecule has 1 aromatic rings. The van der Waals surface area contributed by atoms with Gasteiger partial charge in [0.1, 0.15) is 0 Å². The lowest BCUT2D eigenvalue weighted by Gasteiger charge is -2.29. The molecule has 1 aromatic carbocycles. The summed E-state index contributed by atoms with van der Waals surface area (Å²) in [7, 11) is 1.45. The lowest BCUT2D eigenvalue weighted by Crippen LogP contribution is -2.49. The zero-order valence-electron chi connectivity index (χ0n) is 11.2. The number of methoxy groups -OCH3 is 1. The first kappa shape index (κ1) is 14.9. The van der Waals surface area contributed by atoms with Crippen LogP contribution in [-0.2, 0) is 9.53 Å². The van der Waals surface area contributed by atoms with Crippen molar-refractivity contribution in [3.8, 4) is 0 Å². The standard InChI is InChI=1S/C14H18F2N2O2/c1-20-12(9-3-2-4-10(15)13(9)16)6-8-5-11(17)14(19)18-7-8/h2-4,8,11-12H,5-7,17H2,1H3,(H,18,19). The van der Waals surface area contributed by atoms with Crippen LogP contribution in [0.25, 0.3) is 0 Å². The number of carbonyl (C=O) groups excluding carboxylic acids is 1. The van der Waals surface area contributed by atoms with Crippen molar-refractivity contribution < 1.29 is 18.3 Å². The van der Waals surface area contributed by atoms with Gasteiger partial charge in [-0.1, -0.05) is 12.1 Å². The number of hydrogen-bond donors (Lipinski definition) is 2. The zero-order valence-corrected chi connectivity index (χ0v) is 11.2. The molecule has 6 heteroatoms. The number of nitrogens with two attached hydrogens (primary N) is 1. The highest BCUT2D eigenvalue weighted by Crippen LogP contribution is 2.30. The van der Waals surface area contributed by atoms with Crippen molar-refractivity contribution in [2.75, 3.05) is 13.7 Å². The molecule has 0 bridgehead atoms. The van der Waals surface area contributed by atoms with Crippen LogP contribution in [0.1, 0.15) is 24.5 Å². The number of carbonyl (C=O) groups is 1. The summed E-state index contributed by atoms with van der Waals surface area (Å²) < 4.78 is 32.3. The van der Waals surface area contributed by atoms with Crippen LogP contribution in [0.3, 0.4) is 0 Å². The molecule has 20 heavy (non-hydrogen) atoms. The lowest BCUT2D eigenvalue weighted by molar-refractivity contribution is -0.124. The van der Waals surface area contributed by atoms with Gasteiger partial charge < -0.3 is 15.8 Å². The second kappa shape index (κ2) is 6.28. The number of amides is 1. The molecule has 1 aliphatic rings. The molecule has 3 N–H and O–H groups in total. The number of halogens is 2. The molecule has 3 unspecified atom stereocenters. The maximum absolute atomic E-state index is 13.8. The van der Waals surface area contributed by atoms with Gasteiger partial charge in [-0.05, 0) is 24.8 Å². The number of piperidine rings is 1. The molecule has 0 radical (unpaired) electrons. The quantitative estimate of drug-likeness (QED) is 0.881. The molecule has 4 nitrogen and oxygen atoms in total. The Morgan fingerprint density at radius 3 is 2.90 bits per heavy atom. The van der Waals surface area contributed by atoms with E-state index >= 15 is 0 Å². The van der Waals surface area contributed by atoms with Crippen LogP contribution < -0.4 is 11.1 Å². The Balaban J connectivity index is 2.09. The van der Waals surface area contributed by atoms with Crippen LogP contribution in [-0.4, -0.2) is 25.6 Å². The minimum atomic E-state index is -0.891. The molecule has 0 spiro atoms. The van der Waals surface area contributed by atoms with E-state index in [1.54, 1.807) is 0 Å². The van der Waals surface area contributed by atoms with Crippen molar-refractivity contribution >= 4 is 5.91 Å². The molecule has 0 aromatic heterocycles. The Labute approximate surface area is 116 Å². The fourth-order valence-corrected chi connectivity index (χ4v) is 2.53. The molecule has 1 fully saturated rings. The SMILES string of the molecule is COC(CC1CNC(=O)C(N)C1)c1cccc(F)c1F. The summed E-state index contributed by atoms with van der Waals surface area (Å²) in [6.07, 6.45) is 0.436. The average molecular weight is 284 g/mol. The first-order valence-electron chi connectivity index (χ1n) is 6.53. The van der Waals surface area contributed by atoms with Crippen molar-refractivity contribution in [1.29, 1.82) is 0 Å². The smallest absolute Gasteiger partial charge is 0.236 e. The molecular formula is C14H18F2N2O2. The first-order valence-corrected chi connectivity index (χ1v) is 6.53. The van der Waals surface area contributed by atoms with E-state index in [1.165, 1.54) is 19.2 Å². The van der Waals surface area contributed by atoms with Crippen LogP contribution in [0.2, 0.25) is 0 Å². The molecule has 1 amide bonds. The van der Waals surface area contributed by atoms with E-state index in [0.717, 1.165) is 6.07 Å². The van der Waals surface area contributed by atoms with Gasteiger partial charge in [-0.15, -0.1) is 0 Å². The Morgan fingerprint density at radius 1 is 1.50 bits per heavy atom. The summed E-state index contributed by atoms with van der Waals surface area (Å²) in [5.74, 6) is -1.87. The largest absolute Gasteiger partial charge is 0.377 e. The van der Waals surface area contributed by atoms with Crippen molar-refractivity contribution in [3.05, 3.63) is 35.4 Å². The van der Waals surface area contributed by atoms with Gasteiger partial charge in [-0.3, -0.25) is 4.79 Å². The molecule has 3 atom stereocenters. The van der Waals surface area contributed by atoms with Crippen LogP contribution >= 0.6 is 0 Å². The molecule has 1 aliphatic heterocycles. The Bertz CT molecular complexity index is 496. The maximum Gasteiger partial charge on any atom is 0.236 e. The molecule has 0 saturated carbocycles. The van der Waals surface area contributed by atoms with Gasteiger partial charge in [0, 0.05) is 19.2 Å². The second-order valence-electron chi connectivity index (χ2n) is 5.06. The third kappa shape index (κ3) is 3.13. The highest BCUT2D eigenvalue weighted by atomic mass is 19.2. The highest BCUT2D eigenvalue weighted by molar-refractivity contribution is 5.82. The van der Waals surface area contributed by atoms with Gasteiger partial charge in [0.25, 0.3) is 0 Å². The first-order chi connectivity index (χ1) is 9.52. The third-order valence-electron chi connectivity index (χ3n) is 3.65. The molecule has 0 aliphatic carbocycles. The number of rotatable bonds is 4. The topological polar surface area (TPSA) is 64.3 Å². The van der Waals surface area contributed by atoms with Crippen molar-refractivity contribution in [3.63, 3.8) is 0 Å². The monoisotopic (exact) mass is 284 g/mol. The van der Waals surface area contributed by atoms with Crippen molar-refractivity contribution in [2.24, 2.45) is 11.7 Å². The van der Waals surface area contributed by atoms with Gasteiger partial charge in [-0.2, -0.15) is 0 Å². The van der Waals surface area contributed by atoms with Crippen LogP contribution in [0, 0.1) is 17.6 Å². The van der Waals surface area contributed by atoms with E-state index in [9.17, 15) is 13.6 Å². The van der Waals surface area contributed by atoms with Gasteiger partial charge in [0.05, 0.1) is 12.1 Å². The number of hydrogen-bond acceptors (Lipinski definition) is 3. The maximum atomic E-state index is 13.8. The zero-order chi connectivity index (χ0) is 14.7. The predicted molar refractivity (Wildman–Crippen MR) is 69.8 cm³/mol. The van der Waals surface area contributed by atoms with Crippen LogP contribution in [0.4, 0.5) is 8.78 Å². The Kier molecular flexibility index (Phi) is 4.67. The molecular weight excluding hydrogens is 266 g/mol. The molecule has 2 rings (SSSR count). The van der Waals surface area contributed by atoms with Crippen LogP contribution in [0.15, 0.2) is 18.2 Å². The summed E-state index contributed by atoms with van der Waals surface area (Å²) in [4.78, 5) is 11.3. The average Bonchev–Trinajstić information content (AvgIpc) is 2.43. The van der Waals surface area contributed by atoms with E-state index in [2.05, 4.69) is 5.32 Å². The van der Waals surface area contributed by atoms with Gasteiger partial charge in [-0.25, -0.2) is 8.78 Å². The minimum absolute atomic E-state index is 0.0790. The second-order valence-corrected chi connectivity index (χ2v) is 5.06. The highest BCUT2D eigenvalue weighted by Gasteiger charge is 2.29. The van der Waals surface area contributed by atoms with E-state index in [1.807, 2.05) is 0 Å². The van der Waals surface area contributed by atoms with E-state index in [-0.39, 0.29) is 17.4 Å². The number of benzene rings is 1. The Morgan fingerprint density at radius 2 is 2.25 bits per heavy atom. The normalized spacial score (nSPS) is 24.3. The predicted octanol–water partition coefficient (Wildman–Crippen LogP) is 1.51. The summed E-state index contributed by atoms with van der Waals surface area (Å²) >= 11 is 0. The summed E-state index contributed by atoms with van der Waals surface area (Å²) in [5, 5.41) is 2.70. The summed E-state index contributed by atoms with van der Waals surface area (Å²) in [6, 6.07) is 3.48. The van der Waals surface area contributed by atoms with Gasteiger partial charge in [0.2, 0.25) is 5.91 Å². The van der Waals surface area contributed by atoms with Crippen molar-refractivity contribution in [2.45, 2.75) is 25.0 Å². The van der Waals surface area contributed by atoms with E-state index in [0.29, 0.717) is 19.4 Å².